The molecule has 1 aromatic carbocycles. The van der Waals surface area contributed by atoms with E-state index in [4.69, 9.17) is 5.73 Å². The first-order valence-electron chi connectivity index (χ1n) is 6.47. The molecule has 0 bridgehead atoms. The summed E-state index contributed by atoms with van der Waals surface area (Å²) in [6, 6.07) is 7.39. The van der Waals surface area contributed by atoms with Crippen LogP contribution in [0.25, 0.3) is 0 Å². The van der Waals surface area contributed by atoms with Gasteiger partial charge in [0.25, 0.3) is 0 Å². The Morgan fingerprint density at radius 2 is 2.00 bits per heavy atom. The van der Waals surface area contributed by atoms with Crippen LogP contribution in [0.2, 0.25) is 0 Å². The molecule has 4 nitrogen and oxygen atoms in total. The van der Waals surface area contributed by atoms with Crippen molar-refractivity contribution in [1.82, 2.24) is 5.32 Å². The van der Waals surface area contributed by atoms with E-state index in [0.717, 1.165) is 6.54 Å². The highest BCUT2D eigenvalue weighted by Gasteiger charge is 2.06. The van der Waals surface area contributed by atoms with Gasteiger partial charge in [0.15, 0.2) is 0 Å². The number of thiophene rings is 1. The Morgan fingerprint density at radius 3 is 2.55 bits per heavy atom. The predicted octanol–water partition coefficient (Wildman–Crippen LogP) is 3.40. The van der Waals surface area contributed by atoms with E-state index >= 15 is 0 Å². The minimum atomic E-state index is -0.545. The molecule has 0 saturated carbocycles. The molecule has 0 aliphatic carbocycles. The molecule has 1 unspecified atom stereocenters. The van der Waals surface area contributed by atoms with Gasteiger partial charge in [0, 0.05) is 18.3 Å². The van der Waals surface area contributed by atoms with Crippen molar-refractivity contribution in [2.75, 3.05) is 5.32 Å². The summed E-state index contributed by atoms with van der Waals surface area (Å²) in [6.45, 7) is 5.11. The molecule has 2 amide bonds. The van der Waals surface area contributed by atoms with Crippen molar-refractivity contribution < 1.29 is 4.79 Å². The standard InChI is InChI=1S/C15H19N3OS/c1-10-8-20-9-13(10)7-17-11(2)12-3-5-14(6-4-12)18-15(16)19/h3-6,8-9,11,17H,7H2,1-2H3,(H3,16,18,19). The summed E-state index contributed by atoms with van der Waals surface area (Å²) < 4.78 is 0. The Balaban J connectivity index is 1.93. The molecule has 1 aromatic heterocycles. The van der Waals surface area contributed by atoms with Gasteiger partial charge in [-0.15, -0.1) is 0 Å². The molecule has 0 fully saturated rings. The Hall–Kier alpha value is -1.85. The fourth-order valence-electron chi connectivity index (χ4n) is 1.95. The molecular weight excluding hydrogens is 270 g/mol. The maximum atomic E-state index is 10.8. The summed E-state index contributed by atoms with van der Waals surface area (Å²) in [6.07, 6.45) is 0. The molecule has 0 aliphatic rings. The van der Waals surface area contributed by atoms with Crippen LogP contribution >= 0.6 is 11.3 Å². The number of anilines is 1. The number of carbonyl (C=O) groups is 1. The monoisotopic (exact) mass is 289 g/mol. The molecule has 2 rings (SSSR count). The Kier molecular flexibility index (Phi) is 4.76. The van der Waals surface area contributed by atoms with Crippen LogP contribution in [0, 0.1) is 6.92 Å². The number of urea groups is 1. The quantitative estimate of drug-likeness (QED) is 0.789. The second-order valence-corrected chi connectivity index (χ2v) is 5.54. The second-order valence-electron chi connectivity index (χ2n) is 4.79. The fraction of sp³-hybridized carbons (Fsp3) is 0.267. The Bertz CT molecular complexity index is 577. The summed E-state index contributed by atoms with van der Waals surface area (Å²) in [7, 11) is 0. The number of nitrogens with two attached hydrogens (primary N) is 1. The number of aryl methyl sites for hydroxylation is 1. The summed E-state index contributed by atoms with van der Waals surface area (Å²) >= 11 is 1.73. The van der Waals surface area contributed by atoms with Gasteiger partial charge in [0.2, 0.25) is 0 Å². The third-order valence-electron chi connectivity index (χ3n) is 3.24. The van der Waals surface area contributed by atoms with Crippen molar-refractivity contribution in [3.63, 3.8) is 0 Å². The van der Waals surface area contributed by atoms with E-state index < -0.39 is 6.03 Å². The summed E-state index contributed by atoms with van der Waals surface area (Å²) in [4.78, 5) is 10.8. The topological polar surface area (TPSA) is 67.2 Å². The zero-order valence-corrected chi connectivity index (χ0v) is 12.5. The third-order valence-corrected chi connectivity index (χ3v) is 4.15. The molecule has 1 atom stereocenters. The van der Waals surface area contributed by atoms with Crippen molar-refractivity contribution in [3.8, 4) is 0 Å². The van der Waals surface area contributed by atoms with Crippen LogP contribution < -0.4 is 16.4 Å². The molecule has 1 heterocycles. The van der Waals surface area contributed by atoms with Crippen molar-refractivity contribution in [1.29, 1.82) is 0 Å². The van der Waals surface area contributed by atoms with Crippen LogP contribution in [0.3, 0.4) is 0 Å². The number of rotatable bonds is 5. The van der Waals surface area contributed by atoms with E-state index in [1.165, 1.54) is 16.7 Å². The van der Waals surface area contributed by atoms with Crippen LogP contribution in [-0.4, -0.2) is 6.03 Å². The molecule has 0 saturated heterocycles. The van der Waals surface area contributed by atoms with Crippen molar-refractivity contribution in [2.24, 2.45) is 5.73 Å². The highest BCUT2D eigenvalue weighted by atomic mass is 32.1. The average Bonchev–Trinajstić information content (AvgIpc) is 2.82. The summed E-state index contributed by atoms with van der Waals surface area (Å²) in [5.41, 5.74) is 9.63. The first kappa shape index (κ1) is 14.6. The molecule has 106 valence electrons. The minimum Gasteiger partial charge on any atom is -0.351 e. The summed E-state index contributed by atoms with van der Waals surface area (Å²) in [5.74, 6) is 0. The van der Waals surface area contributed by atoms with Gasteiger partial charge in [0.1, 0.15) is 0 Å². The molecular formula is C15H19N3OS. The maximum Gasteiger partial charge on any atom is 0.316 e. The minimum absolute atomic E-state index is 0.247. The maximum absolute atomic E-state index is 10.8. The van der Waals surface area contributed by atoms with Gasteiger partial charge in [-0.3, -0.25) is 0 Å². The molecule has 0 radical (unpaired) electrons. The second kappa shape index (κ2) is 6.54. The molecule has 0 spiro atoms. The van der Waals surface area contributed by atoms with Crippen LogP contribution in [-0.2, 0) is 6.54 Å². The van der Waals surface area contributed by atoms with E-state index in [1.807, 2.05) is 24.3 Å². The number of hydrogen-bond acceptors (Lipinski definition) is 3. The molecule has 5 heteroatoms. The van der Waals surface area contributed by atoms with E-state index in [9.17, 15) is 4.79 Å². The highest BCUT2D eigenvalue weighted by Crippen LogP contribution is 2.18. The number of primary amides is 1. The van der Waals surface area contributed by atoms with Crippen LogP contribution in [0.1, 0.15) is 29.7 Å². The van der Waals surface area contributed by atoms with E-state index in [1.54, 1.807) is 11.3 Å². The predicted molar refractivity (Wildman–Crippen MR) is 84.0 cm³/mol. The number of nitrogens with one attached hydrogen (secondary N) is 2. The van der Waals surface area contributed by atoms with Crippen LogP contribution in [0.5, 0.6) is 0 Å². The van der Waals surface area contributed by atoms with Crippen molar-refractivity contribution in [2.45, 2.75) is 26.4 Å². The Labute approximate surface area is 123 Å². The fourth-order valence-corrected chi connectivity index (χ4v) is 2.80. The third kappa shape index (κ3) is 3.82. The highest BCUT2D eigenvalue weighted by molar-refractivity contribution is 7.08. The van der Waals surface area contributed by atoms with Gasteiger partial charge in [-0.05, 0) is 53.4 Å². The molecule has 2 aromatic rings. The zero-order valence-electron chi connectivity index (χ0n) is 11.6. The molecule has 0 aliphatic heterocycles. The zero-order chi connectivity index (χ0) is 14.5. The largest absolute Gasteiger partial charge is 0.351 e. The van der Waals surface area contributed by atoms with Gasteiger partial charge in [-0.1, -0.05) is 12.1 Å². The van der Waals surface area contributed by atoms with Crippen molar-refractivity contribution >= 4 is 23.1 Å². The van der Waals surface area contributed by atoms with Gasteiger partial charge in [0.05, 0.1) is 0 Å². The van der Waals surface area contributed by atoms with Gasteiger partial charge < -0.3 is 16.4 Å². The first-order valence-corrected chi connectivity index (χ1v) is 7.42. The van der Waals surface area contributed by atoms with E-state index in [0.29, 0.717) is 5.69 Å². The lowest BCUT2D eigenvalue weighted by Crippen LogP contribution is -2.20. The average molecular weight is 289 g/mol. The van der Waals surface area contributed by atoms with Gasteiger partial charge in [-0.25, -0.2) is 4.79 Å². The van der Waals surface area contributed by atoms with Crippen LogP contribution in [0.15, 0.2) is 35.0 Å². The molecule has 20 heavy (non-hydrogen) atoms. The SMILES string of the molecule is Cc1cscc1CNC(C)c1ccc(NC(N)=O)cc1. The smallest absolute Gasteiger partial charge is 0.316 e. The van der Waals surface area contributed by atoms with E-state index in [-0.39, 0.29) is 6.04 Å². The lowest BCUT2D eigenvalue weighted by Gasteiger charge is -2.15. The lowest BCUT2D eigenvalue weighted by atomic mass is 10.1. The normalized spacial score (nSPS) is 12.1. The van der Waals surface area contributed by atoms with E-state index in [2.05, 4.69) is 35.2 Å². The first-order chi connectivity index (χ1) is 9.56. The number of benzene rings is 1. The van der Waals surface area contributed by atoms with Crippen molar-refractivity contribution in [3.05, 3.63) is 51.7 Å². The van der Waals surface area contributed by atoms with Gasteiger partial charge >= 0.3 is 6.03 Å². The number of carbonyl (C=O) groups excluding carboxylic acids is 1. The summed E-state index contributed by atoms with van der Waals surface area (Å²) in [5, 5.41) is 10.4. The van der Waals surface area contributed by atoms with Gasteiger partial charge in [-0.2, -0.15) is 11.3 Å². The Morgan fingerprint density at radius 1 is 1.30 bits per heavy atom. The molecule has 4 N–H and O–H groups in total. The lowest BCUT2D eigenvalue weighted by molar-refractivity contribution is 0.259. The van der Waals surface area contributed by atoms with Crippen LogP contribution in [0.4, 0.5) is 10.5 Å². The number of hydrogen-bond donors (Lipinski definition) is 3. The number of amides is 2.